The molecule has 0 aliphatic carbocycles. The maximum Gasteiger partial charge on any atom is 0.260 e. The molecule has 0 bridgehead atoms. The van der Waals surface area contributed by atoms with Gasteiger partial charge in [-0.1, -0.05) is 132 Å². The molecule has 0 aliphatic rings. The van der Waals surface area contributed by atoms with Crippen LogP contribution in [0.1, 0.15) is 113 Å². The summed E-state index contributed by atoms with van der Waals surface area (Å²) in [6, 6.07) is 21.9. The van der Waals surface area contributed by atoms with Crippen LogP contribution in [0.4, 0.5) is 0 Å². The number of rotatable bonds is 17. The fourth-order valence-electron chi connectivity index (χ4n) is 5.24. The third-order valence-electron chi connectivity index (χ3n) is 7.55. The van der Waals surface area contributed by atoms with Gasteiger partial charge in [0.1, 0.15) is 11.9 Å². The predicted octanol–water partition coefficient (Wildman–Crippen LogP) is 8.56. The van der Waals surface area contributed by atoms with Gasteiger partial charge in [0.25, 0.3) is 5.82 Å². The lowest BCUT2D eigenvalue weighted by Gasteiger charge is -2.10. The van der Waals surface area contributed by atoms with Crippen LogP contribution in [0.25, 0.3) is 0 Å². The molecule has 190 valence electrons. The van der Waals surface area contributed by atoms with Crippen LogP contribution < -0.4 is 4.57 Å². The topological polar surface area (TPSA) is 8.81 Å². The maximum absolute atomic E-state index is 2.55. The molecule has 0 radical (unpaired) electrons. The first-order valence-electron chi connectivity index (χ1n) is 14.3. The zero-order chi connectivity index (χ0) is 24.7. The third kappa shape index (κ3) is 9.32. The van der Waals surface area contributed by atoms with Gasteiger partial charge in [0.15, 0.2) is 0 Å². The van der Waals surface area contributed by atoms with E-state index in [1.165, 1.54) is 93.3 Å². The first-order chi connectivity index (χ1) is 17.2. The predicted molar refractivity (Wildman–Crippen MR) is 150 cm³/mol. The van der Waals surface area contributed by atoms with Gasteiger partial charge in [-0.25, -0.2) is 9.13 Å². The van der Waals surface area contributed by atoms with E-state index in [9.17, 15) is 0 Å². The van der Waals surface area contributed by atoms with Gasteiger partial charge in [-0.15, -0.1) is 0 Å². The first-order valence-corrected chi connectivity index (χ1v) is 14.3. The van der Waals surface area contributed by atoms with Crippen molar-refractivity contribution in [1.29, 1.82) is 0 Å². The van der Waals surface area contributed by atoms with Crippen LogP contribution in [-0.2, 0) is 26.4 Å². The Bertz CT molecular complexity index is 942. The second-order valence-corrected chi connectivity index (χ2v) is 10.5. The molecule has 35 heavy (non-hydrogen) atoms. The molecule has 2 heteroatoms. The summed E-state index contributed by atoms with van der Waals surface area (Å²) in [7, 11) is 2.27. The van der Waals surface area contributed by atoms with E-state index in [-0.39, 0.29) is 0 Å². The van der Waals surface area contributed by atoms with Crippen molar-refractivity contribution in [1.82, 2.24) is 4.57 Å². The second kappa shape index (κ2) is 15.6. The van der Waals surface area contributed by atoms with Gasteiger partial charge in [0, 0.05) is 6.42 Å². The lowest BCUT2D eigenvalue weighted by Crippen LogP contribution is -2.37. The third-order valence-corrected chi connectivity index (χ3v) is 7.55. The Labute approximate surface area is 215 Å². The van der Waals surface area contributed by atoms with Crippen molar-refractivity contribution in [3.63, 3.8) is 0 Å². The Morgan fingerprint density at radius 1 is 0.714 bits per heavy atom. The average Bonchev–Trinajstić information content (AvgIpc) is 3.17. The molecule has 0 saturated carbocycles. The summed E-state index contributed by atoms with van der Waals surface area (Å²) in [6.45, 7) is 5.78. The minimum Gasteiger partial charge on any atom is -0.234 e. The molecular formula is C33H49N2+. The molecule has 1 unspecified atom stereocenters. The van der Waals surface area contributed by atoms with Gasteiger partial charge in [0.05, 0.1) is 20.0 Å². The standard InChI is InChI=1S/C33H49N2/c1-4-5-6-7-8-9-10-11-12-13-20-25-35-28-32(26-29(2)31-23-18-15-19-24-31)34(3)33(35)27-30-21-16-14-17-22-30/h14-19,21-24,28-29H,4-13,20,25-27H2,1-3H3/q+1. The van der Waals surface area contributed by atoms with E-state index in [1.807, 2.05) is 0 Å². The van der Waals surface area contributed by atoms with Crippen LogP contribution in [0.15, 0.2) is 66.9 Å². The summed E-state index contributed by atoms with van der Waals surface area (Å²) in [5.74, 6) is 1.95. The number of imidazole rings is 1. The zero-order valence-corrected chi connectivity index (χ0v) is 22.7. The van der Waals surface area contributed by atoms with Gasteiger partial charge in [-0.2, -0.15) is 0 Å². The number of aryl methyl sites for hydroxylation is 1. The highest BCUT2D eigenvalue weighted by Gasteiger charge is 2.22. The molecule has 3 rings (SSSR count). The van der Waals surface area contributed by atoms with Gasteiger partial charge < -0.3 is 0 Å². The van der Waals surface area contributed by atoms with Crippen molar-refractivity contribution in [2.45, 2.75) is 110 Å². The number of hydrogen-bond donors (Lipinski definition) is 0. The van der Waals surface area contributed by atoms with Crippen molar-refractivity contribution >= 4 is 0 Å². The van der Waals surface area contributed by atoms with E-state index in [1.54, 1.807) is 0 Å². The van der Waals surface area contributed by atoms with Crippen molar-refractivity contribution in [3.8, 4) is 0 Å². The molecule has 1 atom stereocenters. The second-order valence-electron chi connectivity index (χ2n) is 10.5. The molecule has 2 aromatic carbocycles. The van der Waals surface area contributed by atoms with Crippen LogP contribution in [0.3, 0.4) is 0 Å². The van der Waals surface area contributed by atoms with E-state index in [0.717, 1.165) is 19.4 Å². The van der Waals surface area contributed by atoms with E-state index in [2.05, 4.69) is 96.9 Å². The van der Waals surface area contributed by atoms with Crippen molar-refractivity contribution in [2.24, 2.45) is 7.05 Å². The molecule has 0 spiro atoms. The molecule has 0 saturated heterocycles. The Morgan fingerprint density at radius 3 is 1.86 bits per heavy atom. The number of benzene rings is 2. The van der Waals surface area contributed by atoms with E-state index < -0.39 is 0 Å². The molecular weight excluding hydrogens is 424 g/mol. The molecule has 3 aromatic rings. The fraction of sp³-hybridized carbons (Fsp3) is 0.545. The lowest BCUT2D eigenvalue weighted by atomic mass is 9.96. The molecule has 1 aromatic heterocycles. The van der Waals surface area contributed by atoms with Gasteiger partial charge in [0.2, 0.25) is 0 Å². The molecule has 0 fully saturated rings. The normalized spacial score (nSPS) is 12.2. The van der Waals surface area contributed by atoms with Crippen molar-refractivity contribution < 1.29 is 4.57 Å². The SMILES string of the molecule is CCCCCCCCCCCCC[n+]1cc(CC(C)c2ccccc2)n(C)c1Cc1ccccc1. The zero-order valence-electron chi connectivity index (χ0n) is 22.7. The van der Waals surface area contributed by atoms with Gasteiger partial charge in [-0.05, 0) is 29.9 Å². The quantitative estimate of drug-likeness (QED) is 0.137. The van der Waals surface area contributed by atoms with Gasteiger partial charge in [-0.3, -0.25) is 0 Å². The average molecular weight is 474 g/mol. The summed E-state index contributed by atoms with van der Waals surface area (Å²) in [5, 5.41) is 0. The smallest absolute Gasteiger partial charge is 0.234 e. The first kappa shape index (κ1) is 27.2. The molecule has 0 N–H and O–H groups in total. The highest BCUT2D eigenvalue weighted by Crippen LogP contribution is 2.21. The highest BCUT2D eigenvalue weighted by atomic mass is 15.1. The van der Waals surface area contributed by atoms with Crippen LogP contribution in [-0.4, -0.2) is 4.57 Å². The molecule has 2 nitrogen and oxygen atoms in total. The molecule has 1 heterocycles. The minimum absolute atomic E-state index is 0.518. The summed E-state index contributed by atoms with van der Waals surface area (Å²) >= 11 is 0. The van der Waals surface area contributed by atoms with Crippen molar-refractivity contribution in [2.75, 3.05) is 0 Å². The van der Waals surface area contributed by atoms with Crippen molar-refractivity contribution in [3.05, 3.63) is 89.5 Å². The number of aromatic nitrogens is 2. The Hall–Kier alpha value is -2.35. The maximum atomic E-state index is 2.55. The summed E-state index contributed by atoms with van der Waals surface area (Å²) in [5.41, 5.74) is 4.26. The molecule has 0 amide bonds. The Balaban J connectivity index is 1.53. The number of nitrogens with zero attached hydrogens (tertiary/aromatic N) is 2. The molecule has 0 aliphatic heterocycles. The summed E-state index contributed by atoms with van der Waals surface area (Å²) in [4.78, 5) is 0. The van der Waals surface area contributed by atoms with E-state index in [4.69, 9.17) is 0 Å². The Morgan fingerprint density at radius 2 is 1.26 bits per heavy atom. The van der Waals surface area contributed by atoms with Gasteiger partial charge >= 0.3 is 0 Å². The van der Waals surface area contributed by atoms with Crippen LogP contribution in [0.2, 0.25) is 0 Å². The lowest BCUT2D eigenvalue weighted by molar-refractivity contribution is -0.704. The van der Waals surface area contributed by atoms with E-state index >= 15 is 0 Å². The summed E-state index contributed by atoms with van der Waals surface area (Å²) in [6.07, 6.45) is 19.8. The fourth-order valence-corrected chi connectivity index (χ4v) is 5.24. The minimum atomic E-state index is 0.518. The van der Waals surface area contributed by atoms with Crippen LogP contribution in [0, 0.1) is 0 Å². The van der Waals surface area contributed by atoms with Crippen LogP contribution in [0.5, 0.6) is 0 Å². The van der Waals surface area contributed by atoms with Crippen LogP contribution >= 0.6 is 0 Å². The summed E-state index contributed by atoms with van der Waals surface area (Å²) < 4.78 is 5.01. The van der Waals surface area contributed by atoms with E-state index in [0.29, 0.717) is 5.92 Å². The number of hydrogen-bond acceptors (Lipinski definition) is 0. The highest BCUT2D eigenvalue weighted by molar-refractivity contribution is 5.22. The Kier molecular flexibility index (Phi) is 12.1. The number of unbranched alkanes of at least 4 members (excludes halogenated alkanes) is 10. The monoisotopic (exact) mass is 473 g/mol. The largest absolute Gasteiger partial charge is 0.260 e.